The first-order chi connectivity index (χ1) is 9.20. The Labute approximate surface area is 120 Å². The van der Waals surface area contributed by atoms with Gasteiger partial charge in [0.05, 0.1) is 24.6 Å². The Kier molecular flexibility index (Phi) is 5.33. The number of pyridine rings is 1. The van der Waals surface area contributed by atoms with Crippen molar-refractivity contribution in [2.45, 2.75) is 19.1 Å². The number of fused-ring (bicyclic) bond motifs is 1. The fourth-order valence-electron chi connectivity index (χ4n) is 1.90. The Hall–Kier alpha value is -0.950. The van der Waals surface area contributed by atoms with Crippen LogP contribution in [0.25, 0.3) is 5.65 Å². The molecule has 2 N–H and O–H groups in total. The van der Waals surface area contributed by atoms with Gasteiger partial charge in [-0.15, -0.1) is 0 Å². The van der Waals surface area contributed by atoms with Gasteiger partial charge in [-0.1, -0.05) is 0 Å². The average molecular weight is 328 g/mol. The minimum Gasteiger partial charge on any atom is -0.391 e. The number of aliphatic hydroxyl groups excluding tert-OH is 1. The van der Waals surface area contributed by atoms with Crippen molar-refractivity contribution in [3.8, 4) is 0 Å². The number of methoxy groups -OCH3 is 1. The van der Waals surface area contributed by atoms with Gasteiger partial charge >= 0.3 is 0 Å². The van der Waals surface area contributed by atoms with Crippen LogP contribution < -0.4 is 5.32 Å². The van der Waals surface area contributed by atoms with Crippen LogP contribution in [0.3, 0.4) is 0 Å². The lowest BCUT2D eigenvalue weighted by Crippen LogP contribution is -2.23. The third kappa shape index (κ3) is 4.01. The maximum Gasteiger partial charge on any atom is 0.136 e. The van der Waals surface area contributed by atoms with Gasteiger partial charge < -0.3 is 19.6 Å². The monoisotopic (exact) mass is 327 g/mol. The third-order valence-corrected chi connectivity index (χ3v) is 3.33. The van der Waals surface area contributed by atoms with Crippen molar-refractivity contribution in [2.24, 2.45) is 0 Å². The predicted octanol–water partition coefficient (Wildman–Crippen LogP) is 1.58. The number of aromatic nitrogens is 2. The minimum absolute atomic E-state index is 0.379. The van der Waals surface area contributed by atoms with Crippen molar-refractivity contribution in [1.29, 1.82) is 0 Å². The highest BCUT2D eigenvalue weighted by atomic mass is 79.9. The van der Waals surface area contributed by atoms with Gasteiger partial charge in [0.25, 0.3) is 0 Å². The molecule has 5 nitrogen and oxygen atoms in total. The fourth-order valence-corrected chi connectivity index (χ4v) is 2.23. The smallest absolute Gasteiger partial charge is 0.136 e. The molecular formula is C13H18BrN3O2. The molecular weight excluding hydrogens is 310 g/mol. The highest BCUT2D eigenvalue weighted by Gasteiger charge is 2.05. The predicted molar refractivity (Wildman–Crippen MR) is 77.1 cm³/mol. The number of hydrogen-bond donors (Lipinski definition) is 2. The number of aliphatic hydroxyl groups is 1. The molecule has 2 aromatic heterocycles. The summed E-state index contributed by atoms with van der Waals surface area (Å²) in [6.07, 6.45) is 4.13. The van der Waals surface area contributed by atoms with Crippen LogP contribution in [-0.4, -0.2) is 40.9 Å². The van der Waals surface area contributed by atoms with Gasteiger partial charge in [-0.25, -0.2) is 4.98 Å². The molecule has 6 heteroatoms. The van der Waals surface area contributed by atoms with Gasteiger partial charge in [-0.3, -0.25) is 0 Å². The zero-order valence-corrected chi connectivity index (χ0v) is 12.4. The van der Waals surface area contributed by atoms with E-state index in [-0.39, 0.29) is 0 Å². The van der Waals surface area contributed by atoms with Crippen molar-refractivity contribution < 1.29 is 9.84 Å². The van der Waals surface area contributed by atoms with Crippen LogP contribution in [-0.2, 0) is 11.3 Å². The summed E-state index contributed by atoms with van der Waals surface area (Å²) in [6.45, 7) is 1.84. The first-order valence-electron chi connectivity index (χ1n) is 6.20. The summed E-state index contributed by atoms with van der Waals surface area (Å²) in [6, 6.07) is 3.94. The van der Waals surface area contributed by atoms with E-state index in [0.29, 0.717) is 13.0 Å². The lowest BCUT2D eigenvalue weighted by atomic mass is 10.2. The normalized spacial score (nSPS) is 13.0. The van der Waals surface area contributed by atoms with Crippen LogP contribution in [0, 0.1) is 0 Å². The largest absolute Gasteiger partial charge is 0.391 e. The zero-order chi connectivity index (χ0) is 13.7. The van der Waals surface area contributed by atoms with E-state index < -0.39 is 6.10 Å². The molecule has 0 aliphatic carbocycles. The minimum atomic E-state index is -0.408. The summed E-state index contributed by atoms with van der Waals surface area (Å²) >= 11 is 3.45. The molecule has 0 fully saturated rings. The Morgan fingerprint density at radius 2 is 2.37 bits per heavy atom. The number of rotatable bonds is 7. The second-order valence-electron chi connectivity index (χ2n) is 4.40. The molecule has 2 rings (SSSR count). The van der Waals surface area contributed by atoms with E-state index in [4.69, 9.17) is 4.74 Å². The molecule has 0 spiro atoms. The van der Waals surface area contributed by atoms with Crippen molar-refractivity contribution in [1.82, 2.24) is 14.7 Å². The lowest BCUT2D eigenvalue weighted by Gasteiger charge is -2.10. The molecule has 104 valence electrons. The van der Waals surface area contributed by atoms with E-state index in [2.05, 4.69) is 26.2 Å². The first-order valence-corrected chi connectivity index (χ1v) is 6.99. The van der Waals surface area contributed by atoms with E-state index in [0.717, 1.165) is 28.9 Å². The molecule has 2 heterocycles. The molecule has 0 saturated carbocycles. The molecule has 0 aliphatic rings. The van der Waals surface area contributed by atoms with Gasteiger partial charge in [0, 0.05) is 24.3 Å². The molecule has 0 aromatic carbocycles. The molecule has 0 saturated heterocycles. The van der Waals surface area contributed by atoms with Crippen molar-refractivity contribution in [3.05, 3.63) is 34.7 Å². The Morgan fingerprint density at radius 3 is 3.16 bits per heavy atom. The van der Waals surface area contributed by atoms with Crippen LogP contribution in [0.15, 0.2) is 29.0 Å². The molecule has 1 atom stereocenters. The summed E-state index contributed by atoms with van der Waals surface area (Å²) in [7, 11) is 1.59. The van der Waals surface area contributed by atoms with E-state index in [1.54, 1.807) is 7.11 Å². The van der Waals surface area contributed by atoms with E-state index in [1.807, 2.05) is 28.9 Å². The average Bonchev–Trinajstić information content (AvgIpc) is 2.77. The van der Waals surface area contributed by atoms with Crippen LogP contribution in [0.2, 0.25) is 0 Å². The molecule has 1 unspecified atom stereocenters. The first kappa shape index (κ1) is 14.5. The number of imidazole rings is 1. The van der Waals surface area contributed by atoms with E-state index in [1.165, 1.54) is 0 Å². The Balaban J connectivity index is 1.86. The number of nitrogens with one attached hydrogen (secondary N) is 1. The quantitative estimate of drug-likeness (QED) is 0.758. The van der Waals surface area contributed by atoms with Crippen molar-refractivity contribution in [2.75, 3.05) is 20.3 Å². The standard InChI is InChI=1S/C13H18BrN3O2/c1-19-9-12(18)4-5-15-6-11-7-16-13-3-2-10(14)8-17(11)13/h2-3,7-8,12,15,18H,4-6,9H2,1H3. The molecule has 0 radical (unpaired) electrons. The summed E-state index contributed by atoms with van der Waals surface area (Å²) in [4.78, 5) is 4.34. The molecule has 2 aromatic rings. The molecule has 0 amide bonds. The van der Waals surface area contributed by atoms with Crippen molar-refractivity contribution >= 4 is 21.6 Å². The van der Waals surface area contributed by atoms with E-state index >= 15 is 0 Å². The van der Waals surface area contributed by atoms with Gasteiger partial charge in [0.1, 0.15) is 5.65 Å². The summed E-state index contributed by atoms with van der Waals surface area (Å²) < 4.78 is 7.95. The fraction of sp³-hybridized carbons (Fsp3) is 0.462. The maximum absolute atomic E-state index is 9.53. The van der Waals surface area contributed by atoms with Gasteiger partial charge in [0.15, 0.2) is 0 Å². The SMILES string of the molecule is COCC(O)CCNCc1cnc2ccc(Br)cn12. The Bertz CT molecular complexity index is 530. The van der Waals surface area contributed by atoms with Gasteiger partial charge in [-0.2, -0.15) is 0 Å². The second kappa shape index (κ2) is 7.00. The maximum atomic E-state index is 9.53. The zero-order valence-electron chi connectivity index (χ0n) is 10.8. The van der Waals surface area contributed by atoms with Gasteiger partial charge in [0.2, 0.25) is 0 Å². The van der Waals surface area contributed by atoms with Gasteiger partial charge in [-0.05, 0) is 41.0 Å². The van der Waals surface area contributed by atoms with E-state index in [9.17, 15) is 5.11 Å². The topological polar surface area (TPSA) is 58.8 Å². The number of nitrogens with zero attached hydrogens (tertiary/aromatic N) is 2. The highest BCUT2D eigenvalue weighted by molar-refractivity contribution is 9.10. The number of hydrogen-bond acceptors (Lipinski definition) is 4. The highest BCUT2D eigenvalue weighted by Crippen LogP contribution is 2.13. The lowest BCUT2D eigenvalue weighted by molar-refractivity contribution is 0.0594. The van der Waals surface area contributed by atoms with Crippen LogP contribution in [0.4, 0.5) is 0 Å². The van der Waals surface area contributed by atoms with Crippen molar-refractivity contribution in [3.63, 3.8) is 0 Å². The Morgan fingerprint density at radius 1 is 1.53 bits per heavy atom. The number of ether oxygens (including phenoxy) is 1. The summed E-state index contributed by atoms with van der Waals surface area (Å²) in [5.74, 6) is 0. The molecule has 19 heavy (non-hydrogen) atoms. The van der Waals surface area contributed by atoms with Crippen LogP contribution >= 0.6 is 15.9 Å². The summed E-state index contributed by atoms with van der Waals surface area (Å²) in [5.41, 5.74) is 2.02. The van der Waals surface area contributed by atoms with Crippen LogP contribution in [0.5, 0.6) is 0 Å². The molecule has 0 aliphatic heterocycles. The van der Waals surface area contributed by atoms with Crippen LogP contribution in [0.1, 0.15) is 12.1 Å². The molecule has 0 bridgehead atoms. The summed E-state index contributed by atoms with van der Waals surface area (Å²) in [5, 5.41) is 12.8. The second-order valence-corrected chi connectivity index (χ2v) is 5.32. The third-order valence-electron chi connectivity index (χ3n) is 2.87. The number of halogens is 1.